The number of hydrogen-bond donors (Lipinski definition) is 7. The van der Waals surface area contributed by atoms with Gasteiger partial charge in [0.2, 0.25) is 0 Å². The first-order valence-corrected chi connectivity index (χ1v) is 12.5. The Balaban J connectivity index is 1.83. The number of ketones is 1. The van der Waals surface area contributed by atoms with Gasteiger partial charge in [0.05, 0.1) is 0 Å². The van der Waals surface area contributed by atoms with Gasteiger partial charge in [-0.1, -0.05) is 6.92 Å². The van der Waals surface area contributed by atoms with Gasteiger partial charge in [0.15, 0.2) is 0 Å². The average molecular weight is 541 g/mol. The number of amides is 2. The third kappa shape index (κ3) is 4.34. The van der Waals surface area contributed by atoms with Crippen LogP contribution in [-0.4, -0.2) is 94.7 Å². The van der Waals surface area contributed by atoms with Crippen molar-refractivity contribution in [3.05, 3.63) is 39.9 Å². The number of primary amides is 1. The van der Waals surface area contributed by atoms with Gasteiger partial charge in [-0.15, -0.1) is 0 Å². The summed E-state index contributed by atoms with van der Waals surface area (Å²) in [4.78, 5) is 39.8. The van der Waals surface area contributed by atoms with Gasteiger partial charge >= 0.3 is 205 Å². The Hall–Kier alpha value is -3.55. The number of hydrogen-bond acceptors (Lipinski definition) is 9. The van der Waals surface area contributed by atoms with E-state index in [2.05, 4.69) is 10.6 Å². The molecule has 3 aliphatic carbocycles. The van der Waals surface area contributed by atoms with Gasteiger partial charge < -0.3 is 0 Å². The van der Waals surface area contributed by atoms with E-state index in [0.29, 0.717) is 6.54 Å². The van der Waals surface area contributed by atoms with Crippen molar-refractivity contribution in [1.82, 2.24) is 10.2 Å². The molecule has 207 valence electrons. The molecule has 0 saturated heterocycles. The number of benzene rings is 1. The van der Waals surface area contributed by atoms with Crippen LogP contribution < -0.4 is 16.4 Å². The molecule has 39 heavy (non-hydrogen) atoms. The second kappa shape index (κ2) is 10.2. The van der Waals surface area contributed by atoms with E-state index in [1.165, 1.54) is 4.90 Å². The summed E-state index contributed by atoms with van der Waals surface area (Å²) in [5.74, 6) is -7.41. The summed E-state index contributed by atoms with van der Waals surface area (Å²) in [6, 6.07) is -0.107. The maximum absolute atomic E-state index is 15.3. The van der Waals surface area contributed by atoms with Crippen molar-refractivity contribution in [3.63, 3.8) is 0 Å². The van der Waals surface area contributed by atoms with Crippen LogP contribution in [0.15, 0.2) is 23.0 Å². The van der Waals surface area contributed by atoms with Crippen molar-refractivity contribution in [1.29, 1.82) is 0 Å². The number of phenols is 1. The fraction of sp³-hybridized carbons (Fsp3) is 0.462. The summed E-state index contributed by atoms with van der Waals surface area (Å²) in [5, 5.41) is 50.0. The molecule has 0 aliphatic heterocycles. The molecule has 0 spiro atoms. The van der Waals surface area contributed by atoms with E-state index in [-0.39, 0.29) is 41.8 Å². The third-order valence-electron chi connectivity index (χ3n) is 7.76. The number of aliphatic hydroxyl groups excluding tert-OH is 2. The predicted octanol–water partition coefficient (Wildman–Crippen LogP) is -0.187. The summed E-state index contributed by atoms with van der Waals surface area (Å²) < 4.78 is 15.3. The Morgan fingerprint density at radius 2 is 1.95 bits per heavy atom. The van der Waals surface area contributed by atoms with Crippen LogP contribution >= 0.6 is 0 Å². The predicted molar refractivity (Wildman–Crippen MR) is 142 cm³/mol. The van der Waals surface area contributed by atoms with Crippen LogP contribution in [0.25, 0.3) is 5.76 Å². The fourth-order valence-electron chi connectivity index (χ4n) is 6.03. The summed E-state index contributed by atoms with van der Waals surface area (Å²) in [6.45, 7) is 2.38. The molecule has 0 aromatic heterocycles. The minimum atomic E-state index is -2.53. The van der Waals surface area contributed by atoms with Gasteiger partial charge in [0, 0.05) is 0 Å². The number of likely N-dealkylation sites (N-methyl/N-ethyl adjacent to an activating group) is 1. The van der Waals surface area contributed by atoms with E-state index in [1.807, 2.05) is 6.92 Å². The van der Waals surface area contributed by atoms with Crippen LogP contribution in [0.4, 0.5) is 10.1 Å². The molecule has 4 atom stereocenters. The molecule has 4 rings (SSSR count). The molecule has 1 fully saturated rings. The van der Waals surface area contributed by atoms with Gasteiger partial charge in [-0.05, 0) is 13.0 Å². The molecular formula is C26H31BFN4O7. The zero-order valence-electron chi connectivity index (χ0n) is 21.8. The number of phenolic OH excluding ortho intramolecular Hbond substituents is 1. The van der Waals surface area contributed by atoms with Crippen molar-refractivity contribution in [2.24, 2.45) is 17.6 Å². The van der Waals surface area contributed by atoms with E-state index < -0.39 is 75.2 Å². The van der Waals surface area contributed by atoms with E-state index in [0.717, 1.165) is 12.5 Å². The van der Waals surface area contributed by atoms with E-state index in [1.54, 1.807) is 14.1 Å². The van der Waals surface area contributed by atoms with E-state index >= 15 is 4.39 Å². The number of carbonyl (C=O) groups excluding carboxylic acids is 3. The molecule has 1 radical (unpaired) electrons. The molecule has 1 aromatic rings. The number of rotatable bonds is 7. The molecule has 2 amide bonds. The average Bonchev–Trinajstić information content (AvgIpc) is 2.84. The third-order valence-corrected chi connectivity index (χ3v) is 7.76. The van der Waals surface area contributed by atoms with Crippen molar-refractivity contribution < 1.29 is 39.2 Å². The monoisotopic (exact) mass is 541 g/mol. The van der Waals surface area contributed by atoms with Crippen LogP contribution in [0.1, 0.15) is 30.9 Å². The zero-order chi connectivity index (χ0) is 29.0. The first-order valence-electron chi connectivity index (χ1n) is 12.5. The first kappa shape index (κ1) is 28.5. The topological polar surface area (TPSA) is 185 Å². The first-order chi connectivity index (χ1) is 18.3. The molecule has 0 bridgehead atoms. The molecule has 11 nitrogen and oxygen atoms in total. The molecule has 1 saturated carbocycles. The summed E-state index contributed by atoms with van der Waals surface area (Å²) in [7, 11) is 9.23. The van der Waals surface area contributed by atoms with Gasteiger partial charge in [-0.2, -0.15) is 0 Å². The minimum absolute atomic E-state index is 0.0392. The quantitative estimate of drug-likeness (QED) is 0.140. The molecule has 0 unspecified atom stereocenters. The fourth-order valence-corrected chi connectivity index (χ4v) is 6.03. The van der Waals surface area contributed by atoms with Crippen LogP contribution in [0.3, 0.4) is 0 Å². The number of nitrogens with one attached hydrogen (secondary N) is 2. The summed E-state index contributed by atoms with van der Waals surface area (Å²) in [5.41, 5.74) is 0.557. The van der Waals surface area contributed by atoms with Crippen LogP contribution in [0, 0.1) is 17.7 Å². The number of anilines is 1. The van der Waals surface area contributed by atoms with Gasteiger partial charge in [0.1, 0.15) is 0 Å². The maximum atomic E-state index is 15.3. The Morgan fingerprint density at radius 1 is 1.28 bits per heavy atom. The number of aromatic hydroxyl groups is 1. The number of halogens is 1. The number of carbonyl (C=O) groups is 3. The van der Waals surface area contributed by atoms with Crippen LogP contribution in [-0.2, 0) is 20.8 Å². The normalized spacial score (nSPS) is 26.3. The number of aliphatic hydroxyl groups is 3. The van der Waals surface area contributed by atoms with Gasteiger partial charge in [-0.25, -0.2) is 0 Å². The van der Waals surface area contributed by atoms with Crippen LogP contribution in [0.5, 0.6) is 5.75 Å². The molecule has 13 heteroatoms. The van der Waals surface area contributed by atoms with Crippen molar-refractivity contribution >= 4 is 42.0 Å². The van der Waals surface area contributed by atoms with Gasteiger partial charge in [0.25, 0.3) is 0 Å². The molecule has 1 aromatic carbocycles. The Morgan fingerprint density at radius 3 is 2.54 bits per heavy atom. The SMILES string of the molecule is [B]=C1C(C(N)=O)=C(O)[C@@H](N(C)C)[C@@H]2C[C@@H]3Cc4c(F)cc(NC(=O)CNCCC)c(O)c4C(O)=C3C(=O)[C@]12O. The number of nitrogens with two attached hydrogens (primary N) is 1. The number of Topliss-reactive ketones (excluding diaryl/α,β-unsaturated/α-hetero) is 1. The molecule has 0 heterocycles. The Kier molecular flexibility index (Phi) is 7.45. The van der Waals surface area contributed by atoms with Crippen molar-refractivity contribution in [2.45, 2.75) is 37.8 Å². The van der Waals surface area contributed by atoms with E-state index in [9.17, 15) is 34.8 Å². The summed E-state index contributed by atoms with van der Waals surface area (Å²) >= 11 is 0. The second-order valence-electron chi connectivity index (χ2n) is 10.4. The number of nitrogens with zero attached hydrogens (tertiary/aromatic N) is 1. The zero-order valence-corrected chi connectivity index (χ0v) is 21.8. The Bertz CT molecular complexity index is 1360. The summed E-state index contributed by atoms with van der Waals surface area (Å²) in [6.07, 6.45) is 0.609. The molecule has 3 aliphatic rings. The van der Waals surface area contributed by atoms with E-state index in [4.69, 9.17) is 13.2 Å². The molecular weight excluding hydrogens is 510 g/mol. The van der Waals surface area contributed by atoms with Crippen molar-refractivity contribution in [3.8, 4) is 5.75 Å². The van der Waals surface area contributed by atoms with Crippen LogP contribution in [0.2, 0.25) is 0 Å². The standard InChI is InChI=1S/C26H31BFN4O7/c1-4-5-30-9-15(33)31-14-8-13(28)11-6-10-7-12-19(32(2)3)22(36)18(25(29)38)23(27)26(12,39)24(37)16(10)21(35)17(11)20(14)34/h8,10,12,19,30,34-36,39H,4-7,9H2,1-3H3,(H2,29,38)(H,31,33)/t10-,12-,19-,26+/m0/s1. The van der Waals surface area contributed by atoms with Gasteiger partial charge in [-0.3, -0.25) is 0 Å². The Labute approximate surface area is 225 Å². The second-order valence-corrected chi connectivity index (χ2v) is 10.4. The molecule has 8 N–H and O–H groups in total. The number of fused-ring (bicyclic) bond motifs is 3. The van der Waals surface area contributed by atoms with Crippen molar-refractivity contribution in [2.75, 3.05) is 32.5 Å².